The molecule has 0 spiro atoms. The molecule has 0 amide bonds. The van der Waals surface area contributed by atoms with Crippen molar-refractivity contribution in [3.05, 3.63) is 0 Å². The molecule has 0 aromatic rings. The lowest BCUT2D eigenvalue weighted by Crippen LogP contribution is -2.29. The minimum Gasteiger partial charge on any atom is -0.385 e. The van der Waals surface area contributed by atoms with Gasteiger partial charge < -0.3 is 10.1 Å². The largest absolute Gasteiger partial charge is 0.385 e. The lowest BCUT2D eigenvalue weighted by molar-refractivity contribution is 0.188. The third-order valence-electron chi connectivity index (χ3n) is 3.58. The van der Waals surface area contributed by atoms with E-state index in [4.69, 9.17) is 9.73 Å². The number of nitrogens with one attached hydrogen (secondary N) is 1. The molecule has 0 bridgehead atoms. The van der Waals surface area contributed by atoms with Crippen LogP contribution in [0, 0.1) is 17.8 Å². The van der Waals surface area contributed by atoms with Gasteiger partial charge in [-0.25, -0.2) is 0 Å². The molecule has 0 aliphatic carbocycles. The number of methoxy groups -OCH3 is 1. The lowest BCUT2D eigenvalue weighted by Gasteiger charge is -2.22. The van der Waals surface area contributed by atoms with E-state index in [9.17, 15) is 0 Å². The Balaban J connectivity index is 2.39. The van der Waals surface area contributed by atoms with Gasteiger partial charge in [-0.3, -0.25) is 4.99 Å². The maximum absolute atomic E-state index is 5.11. The molecule has 1 heterocycles. The molecule has 106 valence electrons. The summed E-state index contributed by atoms with van der Waals surface area (Å²) in [5, 5.41) is 4.62. The van der Waals surface area contributed by atoms with E-state index >= 15 is 0 Å². The molecule has 1 atom stereocenters. The summed E-state index contributed by atoms with van der Waals surface area (Å²) in [5.41, 5.74) is 0. The molecule has 0 radical (unpaired) electrons. The zero-order valence-electron chi connectivity index (χ0n) is 12.4. The standard InChI is InChI=1S/C14H28N2OS/c1-10(2)13(11(3)4)8-15-14-16-12(9-18-14)6-7-17-5/h10-13H,6-9H2,1-5H3,(H,15,16). The van der Waals surface area contributed by atoms with Crippen LogP contribution in [-0.2, 0) is 4.74 Å². The SMILES string of the molecule is COCCC1CSC(=NCC(C(C)C)C(C)C)N1. The number of rotatable bonds is 7. The van der Waals surface area contributed by atoms with E-state index in [2.05, 4.69) is 33.0 Å². The number of nitrogens with zero attached hydrogens (tertiary/aromatic N) is 1. The normalized spacial score (nSPS) is 22.4. The maximum atomic E-state index is 5.11. The third-order valence-corrected chi connectivity index (χ3v) is 4.67. The summed E-state index contributed by atoms with van der Waals surface area (Å²) in [7, 11) is 1.76. The first-order valence-corrected chi connectivity index (χ1v) is 7.95. The topological polar surface area (TPSA) is 33.6 Å². The number of thioether (sulfide) groups is 1. The van der Waals surface area contributed by atoms with E-state index in [-0.39, 0.29) is 0 Å². The van der Waals surface area contributed by atoms with Crippen LogP contribution < -0.4 is 5.32 Å². The van der Waals surface area contributed by atoms with Crippen molar-refractivity contribution >= 4 is 16.9 Å². The minimum atomic E-state index is 0.533. The highest BCUT2D eigenvalue weighted by molar-refractivity contribution is 8.14. The first kappa shape index (κ1) is 15.8. The molecule has 1 rings (SSSR count). The van der Waals surface area contributed by atoms with E-state index in [1.54, 1.807) is 7.11 Å². The van der Waals surface area contributed by atoms with Crippen molar-refractivity contribution in [1.29, 1.82) is 0 Å². The third kappa shape index (κ3) is 5.19. The van der Waals surface area contributed by atoms with Gasteiger partial charge in [0.1, 0.15) is 0 Å². The summed E-state index contributed by atoms with van der Waals surface area (Å²) < 4.78 is 5.11. The molecule has 0 aromatic heterocycles. The number of hydrogen-bond donors (Lipinski definition) is 1. The number of amidine groups is 1. The van der Waals surface area contributed by atoms with Crippen LogP contribution in [0.4, 0.5) is 0 Å². The second-order valence-electron chi connectivity index (χ2n) is 5.73. The Kier molecular flexibility index (Phi) is 7.08. The van der Waals surface area contributed by atoms with Crippen molar-refractivity contribution in [3.8, 4) is 0 Å². The molecule has 1 aliphatic rings. The summed E-state index contributed by atoms with van der Waals surface area (Å²) in [6.45, 7) is 10.9. The van der Waals surface area contributed by atoms with Crippen molar-refractivity contribution < 1.29 is 4.74 Å². The van der Waals surface area contributed by atoms with E-state index in [0.29, 0.717) is 23.8 Å². The quantitative estimate of drug-likeness (QED) is 0.773. The van der Waals surface area contributed by atoms with Crippen LogP contribution >= 0.6 is 11.8 Å². The van der Waals surface area contributed by atoms with Crippen molar-refractivity contribution in [3.63, 3.8) is 0 Å². The first-order chi connectivity index (χ1) is 8.54. The average molecular weight is 272 g/mol. The monoisotopic (exact) mass is 272 g/mol. The van der Waals surface area contributed by atoms with Crippen LogP contribution in [0.25, 0.3) is 0 Å². The van der Waals surface area contributed by atoms with Crippen LogP contribution in [0.3, 0.4) is 0 Å². The van der Waals surface area contributed by atoms with E-state index in [0.717, 1.165) is 30.5 Å². The molecule has 1 saturated heterocycles. The van der Waals surface area contributed by atoms with Gasteiger partial charge >= 0.3 is 0 Å². The fourth-order valence-electron chi connectivity index (χ4n) is 2.32. The Hall–Kier alpha value is -0.220. The molecule has 1 N–H and O–H groups in total. The predicted octanol–water partition coefficient (Wildman–Crippen LogP) is 3.01. The highest BCUT2D eigenvalue weighted by Gasteiger charge is 2.21. The molecule has 18 heavy (non-hydrogen) atoms. The molecular formula is C14H28N2OS. The second kappa shape index (κ2) is 8.05. The lowest BCUT2D eigenvalue weighted by atomic mass is 9.86. The van der Waals surface area contributed by atoms with Gasteiger partial charge in [0, 0.05) is 32.1 Å². The van der Waals surface area contributed by atoms with Gasteiger partial charge in [0.05, 0.1) is 0 Å². The van der Waals surface area contributed by atoms with Gasteiger partial charge in [0.15, 0.2) is 5.17 Å². The van der Waals surface area contributed by atoms with E-state index < -0.39 is 0 Å². The van der Waals surface area contributed by atoms with E-state index in [1.807, 2.05) is 11.8 Å². The summed E-state index contributed by atoms with van der Waals surface area (Å²) in [6, 6.07) is 0.533. The Morgan fingerprint density at radius 3 is 2.56 bits per heavy atom. The smallest absolute Gasteiger partial charge is 0.156 e. The molecule has 0 saturated carbocycles. The minimum absolute atomic E-state index is 0.533. The fraction of sp³-hybridized carbons (Fsp3) is 0.929. The second-order valence-corrected chi connectivity index (χ2v) is 6.74. The molecule has 1 aliphatic heterocycles. The van der Waals surface area contributed by atoms with Crippen LogP contribution in [0.5, 0.6) is 0 Å². The first-order valence-electron chi connectivity index (χ1n) is 6.97. The number of aliphatic imine (C=N–C) groups is 1. The molecule has 3 nitrogen and oxygen atoms in total. The van der Waals surface area contributed by atoms with Gasteiger partial charge in [-0.1, -0.05) is 39.5 Å². The summed E-state index contributed by atoms with van der Waals surface area (Å²) >= 11 is 1.85. The van der Waals surface area contributed by atoms with Gasteiger partial charge in [-0.15, -0.1) is 0 Å². The van der Waals surface area contributed by atoms with Crippen LogP contribution in [0.2, 0.25) is 0 Å². The van der Waals surface area contributed by atoms with Crippen molar-refractivity contribution in [2.45, 2.75) is 40.2 Å². The molecule has 1 unspecified atom stereocenters. The highest BCUT2D eigenvalue weighted by atomic mass is 32.2. The Bertz CT molecular complexity index is 259. The number of ether oxygens (including phenoxy) is 1. The molecule has 0 aromatic carbocycles. The summed E-state index contributed by atoms with van der Waals surface area (Å²) in [5.74, 6) is 3.20. The predicted molar refractivity (Wildman–Crippen MR) is 81.3 cm³/mol. The maximum Gasteiger partial charge on any atom is 0.156 e. The molecule has 4 heteroatoms. The zero-order chi connectivity index (χ0) is 13.5. The molecule has 1 fully saturated rings. The van der Waals surface area contributed by atoms with E-state index in [1.165, 1.54) is 0 Å². The summed E-state index contributed by atoms with van der Waals surface area (Å²) in [4.78, 5) is 4.75. The van der Waals surface area contributed by atoms with Crippen molar-refractivity contribution in [2.75, 3.05) is 26.0 Å². The highest BCUT2D eigenvalue weighted by Crippen LogP contribution is 2.22. The number of hydrogen-bond acceptors (Lipinski definition) is 3. The zero-order valence-corrected chi connectivity index (χ0v) is 13.2. The Morgan fingerprint density at radius 2 is 2.00 bits per heavy atom. The Morgan fingerprint density at radius 1 is 1.33 bits per heavy atom. The van der Waals surface area contributed by atoms with Crippen molar-refractivity contribution in [1.82, 2.24) is 5.32 Å². The van der Waals surface area contributed by atoms with Crippen LogP contribution in [0.15, 0.2) is 4.99 Å². The fourth-order valence-corrected chi connectivity index (χ4v) is 3.35. The molecular weight excluding hydrogens is 244 g/mol. The van der Waals surface area contributed by atoms with Gasteiger partial charge in [-0.2, -0.15) is 0 Å². The Labute approximate surface area is 116 Å². The van der Waals surface area contributed by atoms with Gasteiger partial charge in [0.25, 0.3) is 0 Å². The average Bonchev–Trinajstić information content (AvgIpc) is 2.73. The van der Waals surface area contributed by atoms with Crippen molar-refractivity contribution in [2.24, 2.45) is 22.7 Å². The van der Waals surface area contributed by atoms with Crippen LogP contribution in [-0.4, -0.2) is 37.2 Å². The van der Waals surface area contributed by atoms with Gasteiger partial charge in [0.2, 0.25) is 0 Å². The van der Waals surface area contributed by atoms with Gasteiger partial charge in [-0.05, 0) is 24.2 Å². The summed E-state index contributed by atoms with van der Waals surface area (Å²) in [6.07, 6.45) is 1.07. The van der Waals surface area contributed by atoms with Crippen LogP contribution in [0.1, 0.15) is 34.1 Å².